The molecule has 2 heterocycles. The number of hydrogen-bond donors (Lipinski definition) is 1. The van der Waals surface area contributed by atoms with E-state index < -0.39 is 0 Å². The molecule has 104 valence electrons. The topological polar surface area (TPSA) is 76.4 Å². The summed E-state index contributed by atoms with van der Waals surface area (Å²) in [5.74, 6) is -0.306. The average Bonchev–Trinajstić information content (AvgIpc) is 2.92. The Labute approximate surface area is 120 Å². The number of rotatable bonds is 3. The minimum atomic E-state index is -0.292. The summed E-state index contributed by atoms with van der Waals surface area (Å²) < 4.78 is 1.54. The van der Waals surface area contributed by atoms with E-state index in [0.29, 0.717) is 22.5 Å². The molecule has 1 N–H and O–H groups in total. The zero-order valence-electron chi connectivity index (χ0n) is 11.3. The van der Waals surface area contributed by atoms with Crippen molar-refractivity contribution in [2.75, 3.05) is 5.32 Å². The SMILES string of the molecule is CC(=O)c1ccc(NC(=O)c2cnn3cccnc23)cc1. The van der Waals surface area contributed by atoms with Crippen LogP contribution in [0.15, 0.2) is 48.9 Å². The van der Waals surface area contributed by atoms with E-state index in [1.165, 1.54) is 17.6 Å². The summed E-state index contributed by atoms with van der Waals surface area (Å²) in [7, 11) is 0. The Morgan fingerprint density at radius 2 is 1.95 bits per heavy atom. The molecule has 3 aromatic rings. The van der Waals surface area contributed by atoms with Crippen LogP contribution < -0.4 is 5.32 Å². The highest BCUT2D eigenvalue weighted by Gasteiger charge is 2.13. The van der Waals surface area contributed by atoms with Gasteiger partial charge >= 0.3 is 0 Å². The fourth-order valence-electron chi connectivity index (χ4n) is 1.97. The summed E-state index contributed by atoms with van der Waals surface area (Å²) in [5, 5.41) is 6.83. The number of carbonyl (C=O) groups excluding carboxylic acids is 2. The Morgan fingerprint density at radius 1 is 1.19 bits per heavy atom. The number of aromatic nitrogens is 3. The number of fused-ring (bicyclic) bond motifs is 1. The molecule has 0 saturated heterocycles. The summed E-state index contributed by atoms with van der Waals surface area (Å²) in [5.41, 5.74) is 2.10. The third-order valence-corrected chi connectivity index (χ3v) is 3.07. The van der Waals surface area contributed by atoms with Crippen LogP contribution >= 0.6 is 0 Å². The van der Waals surface area contributed by atoms with E-state index in [0.717, 1.165) is 0 Å². The van der Waals surface area contributed by atoms with Gasteiger partial charge in [0.15, 0.2) is 11.4 Å². The molecule has 0 atom stereocenters. The Kier molecular flexibility index (Phi) is 3.19. The molecule has 0 saturated carbocycles. The first kappa shape index (κ1) is 13.0. The number of anilines is 1. The first-order chi connectivity index (χ1) is 10.1. The van der Waals surface area contributed by atoms with Crippen LogP contribution in [0.3, 0.4) is 0 Å². The highest BCUT2D eigenvalue weighted by molar-refractivity contribution is 6.08. The third-order valence-electron chi connectivity index (χ3n) is 3.07. The molecule has 0 aliphatic carbocycles. The Morgan fingerprint density at radius 3 is 2.67 bits per heavy atom. The molecular formula is C15H12N4O2. The number of amides is 1. The Balaban J connectivity index is 1.84. The number of nitrogens with zero attached hydrogens (tertiary/aromatic N) is 3. The highest BCUT2D eigenvalue weighted by atomic mass is 16.1. The summed E-state index contributed by atoms with van der Waals surface area (Å²) in [6.07, 6.45) is 4.80. The molecule has 0 aliphatic heterocycles. The van der Waals surface area contributed by atoms with Gasteiger partial charge in [0.1, 0.15) is 5.56 Å². The molecule has 0 aliphatic rings. The van der Waals surface area contributed by atoms with Gasteiger partial charge in [-0.2, -0.15) is 5.10 Å². The first-order valence-corrected chi connectivity index (χ1v) is 6.36. The predicted molar refractivity (Wildman–Crippen MR) is 77.4 cm³/mol. The molecule has 6 nitrogen and oxygen atoms in total. The van der Waals surface area contributed by atoms with Gasteiger partial charge in [-0.25, -0.2) is 9.50 Å². The molecule has 0 bridgehead atoms. The summed E-state index contributed by atoms with van der Waals surface area (Å²) in [6, 6.07) is 8.46. The van der Waals surface area contributed by atoms with Gasteiger partial charge in [-0.05, 0) is 37.3 Å². The summed E-state index contributed by atoms with van der Waals surface area (Å²) >= 11 is 0. The quantitative estimate of drug-likeness (QED) is 0.746. The molecule has 0 unspecified atom stereocenters. The van der Waals surface area contributed by atoms with Crippen molar-refractivity contribution in [3.63, 3.8) is 0 Å². The molecule has 1 aromatic carbocycles. The summed E-state index contributed by atoms with van der Waals surface area (Å²) in [4.78, 5) is 27.6. The van der Waals surface area contributed by atoms with Crippen molar-refractivity contribution in [1.29, 1.82) is 0 Å². The average molecular weight is 280 g/mol. The normalized spacial score (nSPS) is 10.5. The zero-order chi connectivity index (χ0) is 14.8. The van der Waals surface area contributed by atoms with Crippen molar-refractivity contribution in [1.82, 2.24) is 14.6 Å². The van der Waals surface area contributed by atoms with Crippen molar-refractivity contribution < 1.29 is 9.59 Å². The number of carbonyl (C=O) groups is 2. The van der Waals surface area contributed by atoms with E-state index in [9.17, 15) is 9.59 Å². The largest absolute Gasteiger partial charge is 0.322 e. The van der Waals surface area contributed by atoms with E-state index in [1.54, 1.807) is 42.7 Å². The predicted octanol–water partition coefficient (Wildman–Crippen LogP) is 2.18. The van der Waals surface area contributed by atoms with Crippen LogP contribution in [-0.4, -0.2) is 26.3 Å². The number of Topliss-reactive ketones (excluding diaryl/α,β-unsaturated/α-hetero) is 1. The second-order valence-corrected chi connectivity index (χ2v) is 4.53. The Hall–Kier alpha value is -3.02. The summed E-state index contributed by atoms with van der Waals surface area (Å²) in [6.45, 7) is 1.50. The van der Waals surface area contributed by atoms with Gasteiger partial charge in [-0.1, -0.05) is 0 Å². The third kappa shape index (κ3) is 2.51. The smallest absolute Gasteiger partial charge is 0.261 e. The van der Waals surface area contributed by atoms with Gasteiger partial charge in [0.25, 0.3) is 5.91 Å². The lowest BCUT2D eigenvalue weighted by Crippen LogP contribution is -2.12. The van der Waals surface area contributed by atoms with Crippen molar-refractivity contribution in [3.8, 4) is 0 Å². The minimum absolute atomic E-state index is 0.0142. The second kappa shape index (κ2) is 5.16. The van der Waals surface area contributed by atoms with Gasteiger partial charge in [0.2, 0.25) is 0 Å². The second-order valence-electron chi connectivity index (χ2n) is 4.53. The van der Waals surface area contributed by atoms with E-state index in [-0.39, 0.29) is 11.7 Å². The van der Waals surface area contributed by atoms with Crippen LogP contribution in [0, 0.1) is 0 Å². The monoisotopic (exact) mass is 280 g/mol. The molecule has 6 heteroatoms. The lowest BCUT2D eigenvalue weighted by molar-refractivity contribution is 0.101. The van der Waals surface area contributed by atoms with Gasteiger partial charge in [-0.3, -0.25) is 9.59 Å². The molecule has 0 radical (unpaired) electrons. The standard InChI is InChI=1S/C15H12N4O2/c1-10(20)11-3-5-12(6-4-11)18-15(21)13-9-17-19-8-2-7-16-14(13)19/h2-9H,1H3,(H,18,21). The van der Waals surface area contributed by atoms with E-state index in [2.05, 4.69) is 15.4 Å². The minimum Gasteiger partial charge on any atom is -0.322 e. The maximum Gasteiger partial charge on any atom is 0.261 e. The van der Waals surface area contributed by atoms with Gasteiger partial charge < -0.3 is 5.32 Å². The molecule has 1 amide bonds. The Bertz CT molecular complexity index is 821. The van der Waals surface area contributed by atoms with Crippen LogP contribution in [0.4, 0.5) is 5.69 Å². The van der Waals surface area contributed by atoms with E-state index in [4.69, 9.17) is 0 Å². The van der Waals surface area contributed by atoms with Gasteiger partial charge in [-0.15, -0.1) is 0 Å². The van der Waals surface area contributed by atoms with Crippen LogP contribution in [0.25, 0.3) is 5.65 Å². The van der Waals surface area contributed by atoms with Crippen LogP contribution in [-0.2, 0) is 0 Å². The van der Waals surface area contributed by atoms with Crippen molar-refractivity contribution in [2.24, 2.45) is 0 Å². The van der Waals surface area contributed by atoms with Crippen molar-refractivity contribution in [2.45, 2.75) is 6.92 Å². The highest BCUT2D eigenvalue weighted by Crippen LogP contribution is 2.13. The van der Waals surface area contributed by atoms with Crippen LogP contribution in [0.2, 0.25) is 0 Å². The number of benzene rings is 1. The van der Waals surface area contributed by atoms with Crippen molar-refractivity contribution >= 4 is 23.0 Å². The lowest BCUT2D eigenvalue weighted by Gasteiger charge is -2.04. The number of nitrogens with one attached hydrogen (secondary N) is 1. The van der Waals surface area contributed by atoms with Crippen molar-refractivity contribution in [3.05, 3.63) is 60.0 Å². The first-order valence-electron chi connectivity index (χ1n) is 6.36. The molecule has 21 heavy (non-hydrogen) atoms. The number of ketones is 1. The van der Waals surface area contributed by atoms with E-state index >= 15 is 0 Å². The number of hydrogen-bond acceptors (Lipinski definition) is 4. The fraction of sp³-hybridized carbons (Fsp3) is 0.0667. The molecule has 0 fully saturated rings. The van der Waals surface area contributed by atoms with E-state index in [1.807, 2.05) is 0 Å². The maximum atomic E-state index is 12.2. The van der Waals surface area contributed by atoms with Gasteiger partial charge in [0.05, 0.1) is 6.20 Å². The van der Waals surface area contributed by atoms with Crippen LogP contribution in [0.1, 0.15) is 27.6 Å². The zero-order valence-corrected chi connectivity index (χ0v) is 11.3. The fourth-order valence-corrected chi connectivity index (χ4v) is 1.97. The van der Waals surface area contributed by atoms with Crippen LogP contribution in [0.5, 0.6) is 0 Å². The lowest BCUT2D eigenvalue weighted by atomic mass is 10.1. The maximum absolute atomic E-state index is 12.2. The molecule has 3 rings (SSSR count). The molecule has 0 spiro atoms. The van der Waals surface area contributed by atoms with Gasteiger partial charge in [0, 0.05) is 23.6 Å². The molecule has 2 aromatic heterocycles. The molecular weight excluding hydrogens is 268 g/mol.